The molecule has 2 aromatic rings. The van der Waals surface area contributed by atoms with Gasteiger partial charge in [-0.15, -0.1) is 0 Å². The van der Waals surface area contributed by atoms with Crippen LogP contribution < -0.4 is 4.74 Å². The summed E-state index contributed by atoms with van der Waals surface area (Å²) in [7, 11) is 0. The molecule has 0 spiro atoms. The Morgan fingerprint density at radius 2 is 2.25 bits per heavy atom. The molecule has 0 aliphatic carbocycles. The highest BCUT2D eigenvalue weighted by Crippen LogP contribution is 2.29. The van der Waals surface area contributed by atoms with Gasteiger partial charge >= 0.3 is 5.97 Å². The number of halogens is 1. The Balaban J connectivity index is 2.11. The first-order chi connectivity index (χ1) is 9.47. The molecule has 0 radical (unpaired) electrons. The molecule has 1 aromatic carbocycles. The zero-order chi connectivity index (χ0) is 14.7. The highest BCUT2D eigenvalue weighted by molar-refractivity contribution is 6.32. The van der Waals surface area contributed by atoms with Gasteiger partial charge in [-0.1, -0.05) is 16.8 Å². The van der Waals surface area contributed by atoms with Gasteiger partial charge in [0.05, 0.1) is 16.0 Å². The summed E-state index contributed by atoms with van der Waals surface area (Å²) < 4.78 is 9.98. The van der Waals surface area contributed by atoms with Crippen molar-refractivity contribution in [3.8, 4) is 5.75 Å². The van der Waals surface area contributed by atoms with Crippen molar-refractivity contribution in [1.29, 1.82) is 0 Å². The molecular weight excluding hydrogens is 292 g/mol. The second-order valence-electron chi connectivity index (χ2n) is 3.64. The van der Waals surface area contributed by atoms with Crippen LogP contribution in [0.1, 0.15) is 16.2 Å². The Kier molecular flexibility index (Phi) is 3.85. The van der Waals surface area contributed by atoms with Crippen LogP contribution in [-0.2, 0) is 6.61 Å². The van der Waals surface area contributed by atoms with E-state index in [0.717, 1.165) is 6.07 Å². The number of hydrogen-bond donors (Lipinski definition) is 1. The number of hydrogen-bond acceptors (Lipinski definition) is 6. The Hall–Kier alpha value is -2.61. The van der Waals surface area contributed by atoms with Crippen molar-refractivity contribution < 1.29 is 24.1 Å². The maximum absolute atomic E-state index is 10.6. The summed E-state index contributed by atoms with van der Waals surface area (Å²) in [6, 6.07) is 4.93. The van der Waals surface area contributed by atoms with Crippen LogP contribution >= 0.6 is 11.6 Å². The lowest BCUT2D eigenvalue weighted by atomic mass is 10.3. The molecule has 0 unspecified atom stereocenters. The molecule has 2 rings (SSSR count). The predicted molar refractivity (Wildman–Crippen MR) is 65.9 cm³/mol. The van der Waals surface area contributed by atoms with Gasteiger partial charge in [0.2, 0.25) is 0 Å². The largest absolute Gasteiger partial charge is 0.484 e. The molecule has 1 aromatic heterocycles. The predicted octanol–water partition coefficient (Wildman–Crippen LogP) is 2.51. The van der Waals surface area contributed by atoms with Crippen LogP contribution in [0, 0.1) is 10.1 Å². The topological polar surface area (TPSA) is 116 Å². The Labute approximate surface area is 116 Å². The smallest absolute Gasteiger partial charge is 0.358 e. The second-order valence-corrected chi connectivity index (χ2v) is 4.05. The van der Waals surface area contributed by atoms with Gasteiger partial charge in [-0.2, -0.15) is 0 Å². The third-order valence-corrected chi connectivity index (χ3v) is 2.59. The molecule has 0 aliphatic heterocycles. The summed E-state index contributed by atoms with van der Waals surface area (Å²) >= 11 is 5.83. The highest BCUT2D eigenvalue weighted by atomic mass is 35.5. The van der Waals surface area contributed by atoms with E-state index in [1.54, 1.807) is 0 Å². The van der Waals surface area contributed by atoms with Crippen LogP contribution in [0.4, 0.5) is 5.69 Å². The molecule has 0 saturated heterocycles. The summed E-state index contributed by atoms with van der Waals surface area (Å²) in [4.78, 5) is 20.6. The normalized spacial score (nSPS) is 10.2. The molecule has 0 amide bonds. The van der Waals surface area contributed by atoms with Gasteiger partial charge in [-0.25, -0.2) is 4.79 Å². The van der Waals surface area contributed by atoms with Crippen molar-refractivity contribution in [3.63, 3.8) is 0 Å². The first kappa shape index (κ1) is 13.8. The first-order valence-corrected chi connectivity index (χ1v) is 5.61. The van der Waals surface area contributed by atoms with Crippen LogP contribution in [0.3, 0.4) is 0 Å². The van der Waals surface area contributed by atoms with E-state index in [9.17, 15) is 14.9 Å². The van der Waals surface area contributed by atoms with Gasteiger partial charge in [0.25, 0.3) is 5.69 Å². The second kappa shape index (κ2) is 5.57. The Morgan fingerprint density at radius 3 is 2.85 bits per heavy atom. The van der Waals surface area contributed by atoms with Crippen molar-refractivity contribution in [1.82, 2.24) is 5.16 Å². The van der Waals surface area contributed by atoms with Gasteiger partial charge in [-0.05, 0) is 6.07 Å². The molecule has 0 aliphatic rings. The van der Waals surface area contributed by atoms with Crippen molar-refractivity contribution in [2.45, 2.75) is 6.61 Å². The van der Waals surface area contributed by atoms with Crippen LogP contribution in [-0.4, -0.2) is 21.2 Å². The molecule has 104 valence electrons. The molecular formula is C11H7ClN2O6. The SMILES string of the molecule is O=C(O)c1cc(COc2cc([N+](=O)[O-])ccc2Cl)on1. The van der Waals surface area contributed by atoms with Crippen LogP contribution in [0.15, 0.2) is 28.8 Å². The number of aromatic nitrogens is 1. The van der Waals surface area contributed by atoms with Gasteiger partial charge in [0.15, 0.2) is 11.5 Å². The minimum absolute atomic E-state index is 0.0918. The summed E-state index contributed by atoms with van der Waals surface area (Å²) in [6.45, 7) is -0.152. The lowest BCUT2D eigenvalue weighted by molar-refractivity contribution is -0.384. The summed E-state index contributed by atoms with van der Waals surface area (Å²) in [5.41, 5.74) is -0.429. The van der Waals surface area contributed by atoms with Crippen molar-refractivity contribution >= 4 is 23.3 Å². The molecule has 1 heterocycles. The number of nitrogens with zero attached hydrogens (tertiary/aromatic N) is 2. The molecule has 0 bridgehead atoms. The number of carboxylic acid groups (broad SMARTS) is 1. The summed E-state index contributed by atoms with van der Waals surface area (Å²) in [6.07, 6.45) is 0. The fourth-order valence-electron chi connectivity index (χ4n) is 1.35. The fourth-order valence-corrected chi connectivity index (χ4v) is 1.52. The minimum Gasteiger partial charge on any atom is -0.484 e. The third kappa shape index (κ3) is 3.04. The van der Waals surface area contributed by atoms with Gasteiger partial charge < -0.3 is 14.4 Å². The van der Waals surface area contributed by atoms with Crippen LogP contribution in [0.2, 0.25) is 5.02 Å². The van der Waals surface area contributed by atoms with E-state index in [-0.39, 0.29) is 34.5 Å². The minimum atomic E-state index is -1.23. The van der Waals surface area contributed by atoms with E-state index in [4.69, 9.17) is 26.0 Å². The molecule has 0 atom stereocenters. The van der Waals surface area contributed by atoms with Gasteiger partial charge in [-0.3, -0.25) is 10.1 Å². The lowest BCUT2D eigenvalue weighted by Crippen LogP contribution is -1.97. The molecule has 9 heteroatoms. The summed E-state index contributed by atoms with van der Waals surface area (Å²) in [5.74, 6) is -0.979. The number of aromatic carboxylic acids is 1. The first-order valence-electron chi connectivity index (χ1n) is 5.23. The number of nitro benzene ring substituents is 1. The summed E-state index contributed by atoms with van der Waals surface area (Å²) in [5, 5.41) is 22.8. The number of nitro groups is 1. The van der Waals surface area contributed by atoms with Crippen LogP contribution in [0.25, 0.3) is 0 Å². The van der Waals surface area contributed by atoms with E-state index in [1.807, 2.05) is 0 Å². The monoisotopic (exact) mass is 298 g/mol. The maximum Gasteiger partial charge on any atom is 0.358 e. The van der Waals surface area contributed by atoms with Crippen molar-refractivity contribution in [2.24, 2.45) is 0 Å². The third-order valence-electron chi connectivity index (χ3n) is 2.27. The fraction of sp³-hybridized carbons (Fsp3) is 0.0909. The maximum atomic E-state index is 10.6. The van der Waals surface area contributed by atoms with Gasteiger partial charge in [0, 0.05) is 12.1 Å². The zero-order valence-electron chi connectivity index (χ0n) is 9.78. The number of carboxylic acids is 1. The molecule has 8 nitrogen and oxygen atoms in total. The number of carbonyl (C=O) groups is 1. The van der Waals surface area contributed by atoms with E-state index in [2.05, 4.69) is 5.16 Å². The Morgan fingerprint density at radius 1 is 1.50 bits per heavy atom. The number of rotatable bonds is 5. The standard InChI is InChI=1S/C11H7ClN2O6/c12-8-2-1-6(14(17)18)3-10(8)19-5-7-4-9(11(15)16)13-20-7/h1-4H,5H2,(H,15,16). The quantitative estimate of drug-likeness (QED) is 0.665. The van der Waals surface area contributed by atoms with Gasteiger partial charge in [0.1, 0.15) is 12.4 Å². The average molecular weight is 299 g/mol. The zero-order valence-corrected chi connectivity index (χ0v) is 10.5. The molecule has 20 heavy (non-hydrogen) atoms. The molecule has 0 saturated carbocycles. The van der Waals surface area contributed by atoms with E-state index in [1.165, 1.54) is 18.2 Å². The molecule has 0 fully saturated rings. The number of benzene rings is 1. The Bertz CT molecular complexity index is 669. The average Bonchev–Trinajstić information content (AvgIpc) is 2.86. The van der Waals surface area contributed by atoms with E-state index < -0.39 is 10.9 Å². The lowest BCUT2D eigenvalue weighted by Gasteiger charge is -2.05. The van der Waals surface area contributed by atoms with Crippen LogP contribution in [0.5, 0.6) is 5.75 Å². The van der Waals surface area contributed by atoms with Crippen molar-refractivity contribution in [2.75, 3.05) is 0 Å². The van der Waals surface area contributed by atoms with E-state index in [0.29, 0.717) is 0 Å². The molecule has 1 N–H and O–H groups in total. The van der Waals surface area contributed by atoms with Crippen molar-refractivity contribution in [3.05, 3.63) is 50.9 Å². The highest BCUT2D eigenvalue weighted by Gasteiger charge is 2.14. The number of non-ortho nitro benzene ring substituents is 1. The number of ether oxygens (including phenoxy) is 1. The van der Waals surface area contributed by atoms with E-state index >= 15 is 0 Å².